The van der Waals surface area contributed by atoms with Crippen LogP contribution >= 0.6 is 21.6 Å². The molecule has 0 fully saturated rings. The van der Waals surface area contributed by atoms with Crippen LogP contribution in [-0.2, 0) is 0 Å². The maximum Gasteiger partial charge on any atom is 0.0718 e. The van der Waals surface area contributed by atoms with E-state index in [1.807, 2.05) is 12.2 Å². The van der Waals surface area contributed by atoms with E-state index in [1.165, 1.54) is 12.4 Å². The lowest BCUT2D eigenvalue weighted by atomic mass is 10.3. The number of nitrogens with zero attached hydrogens (tertiary/aromatic N) is 2. The zero-order valence-corrected chi connectivity index (χ0v) is 7.70. The second-order valence-corrected chi connectivity index (χ2v) is 4.66. The van der Waals surface area contributed by atoms with Crippen LogP contribution in [0.2, 0.25) is 0 Å². The summed E-state index contributed by atoms with van der Waals surface area (Å²) in [6, 6.07) is 0. The van der Waals surface area contributed by atoms with Gasteiger partial charge in [0.2, 0.25) is 0 Å². The van der Waals surface area contributed by atoms with Gasteiger partial charge in [-0.05, 0) is 0 Å². The molecule has 1 heterocycles. The summed E-state index contributed by atoms with van der Waals surface area (Å²) in [6.45, 7) is 0. The van der Waals surface area contributed by atoms with Gasteiger partial charge < -0.3 is 10.4 Å². The van der Waals surface area contributed by atoms with Crippen LogP contribution in [0.3, 0.4) is 0 Å². The van der Waals surface area contributed by atoms with Gasteiger partial charge in [-0.25, -0.2) is 0 Å². The predicted molar refractivity (Wildman–Crippen MR) is 52.5 cm³/mol. The SMILES string of the molecule is O/N=C\C1C=CC(/C=N/O)SS1. The molecule has 0 amide bonds. The van der Waals surface area contributed by atoms with Crippen LogP contribution in [0.25, 0.3) is 0 Å². The molecule has 0 saturated heterocycles. The Balaban J connectivity index is 2.47. The van der Waals surface area contributed by atoms with Crippen molar-refractivity contribution in [2.24, 2.45) is 10.3 Å². The third-order valence-corrected chi connectivity index (χ3v) is 3.98. The maximum atomic E-state index is 8.23. The smallest absolute Gasteiger partial charge is 0.0718 e. The van der Waals surface area contributed by atoms with Crippen molar-refractivity contribution in [3.8, 4) is 0 Å². The Labute approximate surface area is 77.8 Å². The van der Waals surface area contributed by atoms with Crippen LogP contribution < -0.4 is 0 Å². The van der Waals surface area contributed by atoms with E-state index < -0.39 is 0 Å². The molecule has 0 bridgehead atoms. The first kappa shape index (κ1) is 9.47. The van der Waals surface area contributed by atoms with Crippen LogP contribution in [0.15, 0.2) is 22.5 Å². The summed E-state index contributed by atoms with van der Waals surface area (Å²) in [5.41, 5.74) is 0. The number of hydrogen-bond acceptors (Lipinski definition) is 6. The van der Waals surface area contributed by atoms with Gasteiger partial charge in [0, 0.05) is 0 Å². The molecular formula is C6H8N2O2S2. The Bertz CT molecular complexity index is 196. The van der Waals surface area contributed by atoms with Gasteiger partial charge >= 0.3 is 0 Å². The van der Waals surface area contributed by atoms with E-state index in [0.717, 1.165) is 0 Å². The van der Waals surface area contributed by atoms with E-state index in [1.54, 1.807) is 21.6 Å². The van der Waals surface area contributed by atoms with Gasteiger partial charge in [0.25, 0.3) is 0 Å². The van der Waals surface area contributed by atoms with Crippen molar-refractivity contribution in [3.63, 3.8) is 0 Å². The summed E-state index contributed by atoms with van der Waals surface area (Å²) >= 11 is 0. The molecule has 6 heteroatoms. The van der Waals surface area contributed by atoms with E-state index in [0.29, 0.717) is 0 Å². The average Bonchev–Trinajstić information content (AvgIpc) is 2.09. The highest BCUT2D eigenvalue weighted by Gasteiger charge is 2.13. The minimum atomic E-state index is 0.100. The lowest BCUT2D eigenvalue weighted by molar-refractivity contribution is 0.320. The fraction of sp³-hybridized carbons (Fsp3) is 0.333. The molecule has 1 rings (SSSR count). The molecule has 2 atom stereocenters. The number of rotatable bonds is 2. The lowest BCUT2D eigenvalue weighted by Gasteiger charge is -2.14. The molecule has 1 aliphatic rings. The molecule has 0 saturated carbocycles. The highest BCUT2D eigenvalue weighted by molar-refractivity contribution is 8.77. The van der Waals surface area contributed by atoms with Crippen LogP contribution in [0.5, 0.6) is 0 Å². The van der Waals surface area contributed by atoms with Crippen molar-refractivity contribution in [3.05, 3.63) is 12.2 Å². The summed E-state index contributed by atoms with van der Waals surface area (Å²) in [4.78, 5) is 0. The molecule has 0 aromatic carbocycles. The monoisotopic (exact) mass is 204 g/mol. The zero-order valence-electron chi connectivity index (χ0n) is 6.07. The quantitative estimate of drug-likeness (QED) is 0.236. The van der Waals surface area contributed by atoms with Crippen molar-refractivity contribution in [2.45, 2.75) is 10.5 Å². The molecule has 66 valence electrons. The van der Waals surface area contributed by atoms with Crippen molar-refractivity contribution in [1.82, 2.24) is 0 Å². The van der Waals surface area contributed by atoms with Crippen molar-refractivity contribution in [1.29, 1.82) is 0 Å². The molecule has 0 radical (unpaired) electrons. The van der Waals surface area contributed by atoms with E-state index >= 15 is 0 Å². The molecule has 2 N–H and O–H groups in total. The fourth-order valence-corrected chi connectivity index (χ4v) is 2.92. The molecule has 0 aliphatic carbocycles. The maximum absolute atomic E-state index is 8.23. The largest absolute Gasteiger partial charge is 0.411 e. The fourth-order valence-electron chi connectivity index (χ4n) is 0.692. The summed E-state index contributed by atoms with van der Waals surface area (Å²) in [5.74, 6) is 0. The van der Waals surface area contributed by atoms with Crippen molar-refractivity contribution < 1.29 is 10.4 Å². The van der Waals surface area contributed by atoms with Gasteiger partial charge in [-0.2, -0.15) is 0 Å². The lowest BCUT2D eigenvalue weighted by Crippen LogP contribution is -2.09. The Morgan fingerprint density at radius 2 is 1.42 bits per heavy atom. The summed E-state index contributed by atoms with van der Waals surface area (Å²) in [5, 5.41) is 22.5. The Kier molecular flexibility index (Phi) is 4.02. The Morgan fingerprint density at radius 3 is 1.67 bits per heavy atom. The van der Waals surface area contributed by atoms with E-state index in [9.17, 15) is 0 Å². The molecule has 4 nitrogen and oxygen atoms in total. The van der Waals surface area contributed by atoms with Crippen molar-refractivity contribution in [2.75, 3.05) is 0 Å². The normalized spacial score (nSPS) is 30.3. The molecule has 0 aromatic heterocycles. The third kappa shape index (κ3) is 2.78. The van der Waals surface area contributed by atoms with E-state index in [-0.39, 0.29) is 10.5 Å². The number of oxime groups is 2. The number of hydrogen-bond donors (Lipinski definition) is 2. The van der Waals surface area contributed by atoms with Crippen LogP contribution in [0.1, 0.15) is 0 Å². The van der Waals surface area contributed by atoms with Gasteiger partial charge in [0.15, 0.2) is 0 Å². The molecule has 1 aliphatic heterocycles. The van der Waals surface area contributed by atoms with Crippen LogP contribution in [0, 0.1) is 0 Å². The van der Waals surface area contributed by atoms with E-state index in [4.69, 9.17) is 10.4 Å². The minimum absolute atomic E-state index is 0.100. The zero-order chi connectivity index (χ0) is 8.81. The van der Waals surface area contributed by atoms with Gasteiger partial charge in [-0.15, -0.1) is 10.3 Å². The molecule has 2 unspecified atom stereocenters. The standard InChI is InChI=1S/C6H8N2O2S2/c9-7-3-5-1-2-6(4-8-10)12-11-5/h1-6,9-10H/b7-3-,8-4+. The van der Waals surface area contributed by atoms with Crippen LogP contribution in [0.4, 0.5) is 0 Å². The van der Waals surface area contributed by atoms with Gasteiger partial charge in [-0.3, -0.25) is 0 Å². The van der Waals surface area contributed by atoms with Gasteiger partial charge in [-0.1, -0.05) is 33.7 Å². The van der Waals surface area contributed by atoms with Crippen molar-refractivity contribution >= 4 is 34.0 Å². The first-order chi connectivity index (χ1) is 5.86. The first-order valence-corrected chi connectivity index (χ1v) is 5.50. The van der Waals surface area contributed by atoms with Gasteiger partial charge in [0.05, 0.1) is 22.9 Å². The summed E-state index contributed by atoms with van der Waals surface area (Å²) < 4.78 is 0. The van der Waals surface area contributed by atoms with Gasteiger partial charge in [0.1, 0.15) is 0 Å². The second kappa shape index (κ2) is 5.10. The highest BCUT2D eigenvalue weighted by Crippen LogP contribution is 2.35. The highest BCUT2D eigenvalue weighted by atomic mass is 33.1. The first-order valence-electron chi connectivity index (χ1n) is 3.22. The Morgan fingerprint density at radius 1 is 1.00 bits per heavy atom. The average molecular weight is 204 g/mol. The van der Waals surface area contributed by atoms with Crippen LogP contribution in [-0.4, -0.2) is 33.3 Å². The second-order valence-electron chi connectivity index (χ2n) is 2.04. The molecule has 0 aromatic rings. The predicted octanol–water partition coefficient (Wildman–Crippen LogP) is 1.59. The summed E-state index contributed by atoms with van der Waals surface area (Å²) in [6.07, 6.45) is 6.68. The third-order valence-electron chi connectivity index (χ3n) is 1.20. The molecule has 12 heavy (non-hydrogen) atoms. The molecular weight excluding hydrogens is 196 g/mol. The summed E-state index contributed by atoms with van der Waals surface area (Å²) in [7, 11) is 3.11. The topological polar surface area (TPSA) is 65.2 Å². The Hall–Kier alpha value is -0.620. The molecule has 0 spiro atoms. The minimum Gasteiger partial charge on any atom is -0.411 e. The van der Waals surface area contributed by atoms with E-state index in [2.05, 4.69) is 10.3 Å².